The second-order valence-electron chi connectivity index (χ2n) is 6.83. The van der Waals surface area contributed by atoms with Crippen molar-refractivity contribution < 1.29 is 4.74 Å². The van der Waals surface area contributed by atoms with E-state index in [9.17, 15) is 0 Å². The fourth-order valence-corrected chi connectivity index (χ4v) is 1.73. The van der Waals surface area contributed by atoms with Gasteiger partial charge < -0.3 is 10.1 Å². The average Bonchev–Trinajstić information content (AvgIpc) is 2.27. The van der Waals surface area contributed by atoms with Gasteiger partial charge in [-0.05, 0) is 42.0 Å². The third-order valence-electron chi connectivity index (χ3n) is 2.90. The lowest BCUT2D eigenvalue weighted by Crippen LogP contribution is -2.18. The van der Waals surface area contributed by atoms with E-state index in [1.54, 1.807) is 0 Å². The van der Waals surface area contributed by atoms with Gasteiger partial charge in [-0.1, -0.05) is 46.8 Å². The zero-order valence-corrected chi connectivity index (χ0v) is 13.1. The summed E-state index contributed by atoms with van der Waals surface area (Å²) < 4.78 is 5.82. The van der Waals surface area contributed by atoms with Crippen LogP contribution >= 0.6 is 0 Å². The Morgan fingerprint density at radius 2 is 1.95 bits per heavy atom. The highest BCUT2D eigenvalue weighted by atomic mass is 16.5. The van der Waals surface area contributed by atoms with Crippen molar-refractivity contribution in [1.82, 2.24) is 5.32 Å². The molecule has 0 radical (unpaired) electrons. The normalized spacial score (nSPS) is 11.9. The fraction of sp³-hybridized carbons (Fsp3) is 0.647. The summed E-state index contributed by atoms with van der Waals surface area (Å²) in [4.78, 5) is 0. The van der Waals surface area contributed by atoms with Gasteiger partial charge >= 0.3 is 0 Å². The lowest BCUT2D eigenvalue weighted by Gasteiger charge is -2.18. The predicted molar refractivity (Wildman–Crippen MR) is 82.6 cm³/mol. The number of hydrogen-bond acceptors (Lipinski definition) is 2. The number of ether oxygens (including phenoxy) is 1. The predicted octanol–water partition coefficient (Wildman–Crippen LogP) is 4.25. The highest BCUT2D eigenvalue weighted by Crippen LogP contribution is 2.20. The Balaban J connectivity index is 2.39. The Labute approximate surface area is 118 Å². The molecular formula is C17H29NO. The largest absolute Gasteiger partial charge is 0.494 e. The van der Waals surface area contributed by atoms with Crippen LogP contribution in [0.1, 0.15) is 46.6 Å². The Bertz CT molecular complexity index is 366. The maximum absolute atomic E-state index is 5.82. The fourth-order valence-electron chi connectivity index (χ4n) is 1.73. The summed E-state index contributed by atoms with van der Waals surface area (Å²) in [5, 5.41) is 3.45. The van der Waals surface area contributed by atoms with Crippen molar-refractivity contribution in [3.63, 3.8) is 0 Å². The van der Waals surface area contributed by atoms with E-state index in [0.29, 0.717) is 11.3 Å². The van der Waals surface area contributed by atoms with Crippen LogP contribution in [0, 0.1) is 11.3 Å². The van der Waals surface area contributed by atoms with Gasteiger partial charge in [0.05, 0.1) is 6.61 Å². The van der Waals surface area contributed by atoms with Gasteiger partial charge in [0.1, 0.15) is 5.75 Å². The molecule has 0 atom stereocenters. The molecule has 0 unspecified atom stereocenters. The number of hydrogen-bond donors (Lipinski definition) is 1. The molecule has 1 aromatic rings. The highest BCUT2D eigenvalue weighted by Gasteiger charge is 2.09. The van der Waals surface area contributed by atoms with E-state index in [1.165, 1.54) is 5.56 Å². The standard InChI is InChI=1S/C17H29NO/c1-14(2)12-18-13-15-7-6-8-16(11-15)19-10-9-17(3,4)5/h6-8,11,14,18H,9-10,12-13H2,1-5H3. The summed E-state index contributed by atoms with van der Waals surface area (Å²) >= 11 is 0. The molecule has 0 aliphatic heterocycles. The highest BCUT2D eigenvalue weighted by molar-refractivity contribution is 5.28. The lowest BCUT2D eigenvalue weighted by atomic mass is 9.93. The second kappa shape index (κ2) is 7.54. The summed E-state index contributed by atoms with van der Waals surface area (Å²) in [5.74, 6) is 1.67. The minimum atomic E-state index is 0.330. The van der Waals surface area contributed by atoms with Gasteiger partial charge in [0.15, 0.2) is 0 Å². The van der Waals surface area contributed by atoms with Crippen LogP contribution in [-0.2, 0) is 6.54 Å². The molecule has 1 N–H and O–H groups in total. The Morgan fingerprint density at radius 1 is 1.21 bits per heavy atom. The van der Waals surface area contributed by atoms with Crippen LogP contribution in [0.3, 0.4) is 0 Å². The molecule has 0 saturated heterocycles. The van der Waals surface area contributed by atoms with Crippen LogP contribution in [0.25, 0.3) is 0 Å². The van der Waals surface area contributed by atoms with Crippen LogP contribution in [0.5, 0.6) is 5.75 Å². The Hall–Kier alpha value is -1.02. The van der Waals surface area contributed by atoms with Gasteiger partial charge in [0.25, 0.3) is 0 Å². The average molecular weight is 263 g/mol. The summed E-state index contributed by atoms with van der Waals surface area (Å²) in [6, 6.07) is 8.38. The van der Waals surface area contributed by atoms with Gasteiger partial charge in [-0.15, -0.1) is 0 Å². The summed E-state index contributed by atoms with van der Waals surface area (Å²) in [7, 11) is 0. The molecule has 108 valence electrons. The lowest BCUT2D eigenvalue weighted by molar-refractivity contribution is 0.243. The number of nitrogens with one attached hydrogen (secondary N) is 1. The molecule has 1 rings (SSSR count). The van der Waals surface area contributed by atoms with Crippen LogP contribution in [0.2, 0.25) is 0 Å². The van der Waals surface area contributed by atoms with Gasteiger partial charge in [0.2, 0.25) is 0 Å². The quantitative estimate of drug-likeness (QED) is 0.794. The van der Waals surface area contributed by atoms with Crippen LogP contribution in [0.4, 0.5) is 0 Å². The van der Waals surface area contributed by atoms with E-state index in [1.807, 2.05) is 6.07 Å². The summed E-state index contributed by atoms with van der Waals surface area (Å²) in [6.07, 6.45) is 1.07. The van der Waals surface area contributed by atoms with Crippen LogP contribution < -0.4 is 10.1 Å². The molecule has 0 fully saturated rings. The maximum Gasteiger partial charge on any atom is 0.119 e. The topological polar surface area (TPSA) is 21.3 Å². The van der Waals surface area contributed by atoms with E-state index >= 15 is 0 Å². The molecule has 2 heteroatoms. The third kappa shape index (κ3) is 7.89. The van der Waals surface area contributed by atoms with Crippen molar-refractivity contribution in [3.05, 3.63) is 29.8 Å². The first-order valence-electron chi connectivity index (χ1n) is 7.29. The first-order valence-corrected chi connectivity index (χ1v) is 7.29. The van der Waals surface area contributed by atoms with E-state index < -0.39 is 0 Å². The Morgan fingerprint density at radius 3 is 2.58 bits per heavy atom. The minimum Gasteiger partial charge on any atom is -0.494 e. The molecule has 0 amide bonds. The van der Waals surface area contributed by atoms with Crippen LogP contribution in [-0.4, -0.2) is 13.2 Å². The first kappa shape index (κ1) is 16.0. The van der Waals surface area contributed by atoms with Crippen molar-refractivity contribution in [1.29, 1.82) is 0 Å². The van der Waals surface area contributed by atoms with E-state index in [-0.39, 0.29) is 0 Å². The molecule has 0 spiro atoms. The molecule has 0 aliphatic carbocycles. The first-order chi connectivity index (χ1) is 8.87. The smallest absolute Gasteiger partial charge is 0.119 e. The summed E-state index contributed by atoms with van der Waals surface area (Å²) in [6.45, 7) is 13.9. The molecular weight excluding hydrogens is 234 g/mol. The Kier molecular flexibility index (Phi) is 6.36. The zero-order chi connectivity index (χ0) is 14.3. The third-order valence-corrected chi connectivity index (χ3v) is 2.90. The molecule has 0 aromatic heterocycles. The van der Waals surface area contributed by atoms with Crippen molar-refractivity contribution >= 4 is 0 Å². The van der Waals surface area contributed by atoms with Crippen LogP contribution in [0.15, 0.2) is 24.3 Å². The van der Waals surface area contributed by atoms with Gasteiger partial charge in [-0.3, -0.25) is 0 Å². The van der Waals surface area contributed by atoms with Gasteiger partial charge in [0, 0.05) is 6.54 Å². The molecule has 0 heterocycles. The minimum absolute atomic E-state index is 0.330. The molecule has 0 saturated carbocycles. The van der Waals surface area contributed by atoms with Gasteiger partial charge in [-0.2, -0.15) is 0 Å². The molecule has 2 nitrogen and oxygen atoms in total. The maximum atomic E-state index is 5.82. The molecule has 0 aliphatic rings. The second-order valence-corrected chi connectivity index (χ2v) is 6.83. The van der Waals surface area contributed by atoms with Crippen molar-refractivity contribution in [2.45, 2.75) is 47.6 Å². The zero-order valence-electron chi connectivity index (χ0n) is 13.1. The van der Waals surface area contributed by atoms with E-state index in [2.05, 4.69) is 58.1 Å². The van der Waals surface area contributed by atoms with Crippen molar-refractivity contribution in [2.75, 3.05) is 13.2 Å². The molecule has 1 aromatic carbocycles. The van der Waals surface area contributed by atoms with E-state index in [0.717, 1.165) is 31.9 Å². The summed E-state index contributed by atoms with van der Waals surface area (Å²) in [5.41, 5.74) is 1.62. The van der Waals surface area contributed by atoms with Gasteiger partial charge in [-0.25, -0.2) is 0 Å². The SMILES string of the molecule is CC(C)CNCc1cccc(OCCC(C)(C)C)c1. The van der Waals surface area contributed by atoms with E-state index in [4.69, 9.17) is 4.74 Å². The number of benzene rings is 1. The number of rotatable bonds is 7. The molecule has 19 heavy (non-hydrogen) atoms. The van der Waals surface area contributed by atoms with Crippen molar-refractivity contribution in [2.24, 2.45) is 11.3 Å². The monoisotopic (exact) mass is 263 g/mol. The van der Waals surface area contributed by atoms with Crippen molar-refractivity contribution in [3.8, 4) is 5.75 Å². The molecule has 0 bridgehead atoms.